The number of piperazine rings is 1. The molecule has 0 spiro atoms. The highest BCUT2D eigenvalue weighted by Crippen LogP contribution is 2.14. The molecule has 1 aromatic carbocycles. The van der Waals surface area contributed by atoms with Gasteiger partial charge >= 0.3 is 0 Å². The van der Waals surface area contributed by atoms with Crippen molar-refractivity contribution >= 4 is 5.91 Å². The van der Waals surface area contributed by atoms with E-state index < -0.39 is 0 Å². The Bertz CT molecular complexity index is 509. The maximum absolute atomic E-state index is 13.7. The zero-order valence-electron chi connectivity index (χ0n) is 10.2. The number of carbonyl (C=O) groups excluding carboxylic acids is 1. The number of carbonyl (C=O) groups is 1. The van der Waals surface area contributed by atoms with Crippen LogP contribution in [0.3, 0.4) is 0 Å². The van der Waals surface area contributed by atoms with Crippen molar-refractivity contribution in [3.8, 4) is 6.07 Å². The average Bonchev–Trinajstić information content (AvgIpc) is 2.36. The lowest BCUT2D eigenvalue weighted by atomic mass is 10.1. The number of likely N-dealkylation sites (N-methyl/N-ethyl adjacent to an activating group) is 1. The van der Waals surface area contributed by atoms with Crippen LogP contribution in [0.5, 0.6) is 0 Å². The minimum Gasteiger partial charge on any atom is -0.343 e. The monoisotopic (exact) mass is 247 g/mol. The van der Waals surface area contributed by atoms with Crippen LogP contribution in [0.15, 0.2) is 18.2 Å². The molecule has 0 aliphatic carbocycles. The Morgan fingerprint density at radius 3 is 2.83 bits per heavy atom. The van der Waals surface area contributed by atoms with Crippen LogP contribution >= 0.6 is 0 Å². The van der Waals surface area contributed by atoms with E-state index in [4.69, 9.17) is 5.26 Å². The van der Waals surface area contributed by atoms with Crippen LogP contribution < -0.4 is 0 Å². The van der Waals surface area contributed by atoms with Crippen molar-refractivity contribution in [1.29, 1.82) is 5.26 Å². The Hall–Kier alpha value is -1.93. The number of hydrogen-bond donors (Lipinski definition) is 0. The molecule has 0 radical (unpaired) electrons. The Kier molecular flexibility index (Phi) is 3.58. The van der Waals surface area contributed by atoms with Gasteiger partial charge in [-0.3, -0.25) is 9.69 Å². The minimum absolute atomic E-state index is 0.0512. The molecular formula is C13H14FN3O. The number of hydrogen-bond acceptors (Lipinski definition) is 3. The van der Waals surface area contributed by atoms with E-state index in [-0.39, 0.29) is 11.7 Å². The van der Waals surface area contributed by atoms with Crippen LogP contribution in [0.1, 0.15) is 11.1 Å². The van der Waals surface area contributed by atoms with Gasteiger partial charge in [0.05, 0.1) is 18.2 Å². The van der Waals surface area contributed by atoms with Gasteiger partial charge in [-0.15, -0.1) is 0 Å². The van der Waals surface area contributed by atoms with Crippen molar-refractivity contribution in [2.24, 2.45) is 0 Å². The SMILES string of the molecule is CN1CCN(Cc2ccc(C#N)cc2F)CC1=O. The molecule has 0 bridgehead atoms. The van der Waals surface area contributed by atoms with E-state index in [0.717, 1.165) is 6.54 Å². The predicted octanol–water partition coefficient (Wildman–Crippen LogP) is 0.971. The van der Waals surface area contributed by atoms with E-state index in [1.54, 1.807) is 24.1 Å². The number of nitriles is 1. The van der Waals surface area contributed by atoms with E-state index >= 15 is 0 Å². The summed E-state index contributed by atoms with van der Waals surface area (Å²) in [7, 11) is 1.77. The van der Waals surface area contributed by atoms with E-state index in [9.17, 15) is 9.18 Å². The normalized spacial score (nSPS) is 16.7. The molecule has 0 atom stereocenters. The smallest absolute Gasteiger partial charge is 0.236 e. The van der Waals surface area contributed by atoms with E-state index in [1.807, 2.05) is 11.0 Å². The summed E-state index contributed by atoms with van der Waals surface area (Å²) in [5.74, 6) is -0.337. The third kappa shape index (κ3) is 2.66. The Balaban J connectivity index is 2.06. The molecule has 0 aromatic heterocycles. The molecule has 1 fully saturated rings. The molecular weight excluding hydrogens is 233 g/mol. The van der Waals surface area contributed by atoms with E-state index in [0.29, 0.717) is 30.8 Å². The third-order valence-corrected chi connectivity index (χ3v) is 3.11. The van der Waals surface area contributed by atoms with Gasteiger partial charge in [-0.25, -0.2) is 4.39 Å². The summed E-state index contributed by atoms with van der Waals surface area (Å²) < 4.78 is 13.7. The van der Waals surface area contributed by atoms with Gasteiger partial charge < -0.3 is 4.90 Å². The standard InChI is InChI=1S/C13H14FN3O/c1-16-4-5-17(9-13(16)18)8-11-3-2-10(7-15)6-12(11)14/h2-3,6H,4-5,8-9H2,1H3. The Morgan fingerprint density at radius 2 is 2.22 bits per heavy atom. The number of rotatable bonds is 2. The fourth-order valence-electron chi connectivity index (χ4n) is 1.93. The van der Waals surface area contributed by atoms with Crippen LogP contribution in [-0.2, 0) is 11.3 Å². The van der Waals surface area contributed by atoms with Crippen molar-refractivity contribution in [1.82, 2.24) is 9.80 Å². The fourth-order valence-corrected chi connectivity index (χ4v) is 1.93. The summed E-state index contributed by atoms with van der Waals surface area (Å²) in [6.07, 6.45) is 0. The molecule has 0 unspecified atom stereocenters. The average molecular weight is 247 g/mol. The lowest BCUT2D eigenvalue weighted by Gasteiger charge is -2.31. The summed E-state index contributed by atoms with van der Waals surface area (Å²) in [4.78, 5) is 15.1. The van der Waals surface area contributed by atoms with Gasteiger partial charge in [0.15, 0.2) is 0 Å². The molecule has 1 saturated heterocycles. The zero-order chi connectivity index (χ0) is 13.1. The van der Waals surface area contributed by atoms with E-state index in [1.165, 1.54) is 6.07 Å². The molecule has 4 nitrogen and oxygen atoms in total. The molecule has 1 amide bonds. The summed E-state index contributed by atoms with van der Waals surface area (Å²) in [5, 5.41) is 8.66. The first-order valence-electron chi connectivity index (χ1n) is 5.75. The second-order valence-corrected chi connectivity index (χ2v) is 4.44. The number of benzene rings is 1. The first-order chi connectivity index (χ1) is 8.60. The predicted molar refractivity (Wildman–Crippen MR) is 64.0 cm³/mol. The van der Waals surface area contributed by atoms with Gasteiger partial charge in [0, 0.05) is 32.2 Å². The maximum atomic E-state index is 13.7. The van der Waals surface area contributed by atoms with Gasteiger partial charge in [0.2, 0.25) is 5.91 Å². The molecule has 1 aliphatic rings. The topological polar surface area (TPSA) is 47.3 Å². The van der Waals surface area contributed by atoms with Crippen molar-refractivity contribution < 1.29 is 9.18 Å². The number of halogens is 1. The quantitative estimate of drug-likeness (QED) is 0.782. The van der Waals surface area contributed by atoms with Crippen molar-refractivity contribution in [3.63, 3.8) is 0 Å². The highest BCUT2D eigenvalue weighted by Gasteiger charge is 2.21. The van der Waals surface area contributed by atoms with Crippen LogP contribution in [0.2, 0.25) is 0 Å². The second-order valence-electron chi connectivity index (χ2n) is 4.44. The summed E-state index contributed by atoms with van der Waals surface area (Å²) in [6.45, 7) is 2.12. The second kappa shape index (κ2) is 5.15. The third-order valence-electron chi connectivity index (χ3n) is 3.11. The molecule has 2 rings (SSSR count). The molecule has 5 heteroatoms. The van der Waals surface area contributed by atoms with Crippen LogP contribution in [-0.4, -0.2) is 42.4 Å². The highest BCUT2D eigenvalue weighted by atomic mass is 19.1. The van der Waals surface area contributed by atoms with Crippen LogP contribution in [0, 0.1) is 17.1 Å². The van der Waals surface area contributed by atoms with Gasteiger partial charge in [-0.1, -0.05) is 6.07 Å². The number of nitrogens with zero attached hydrogens (tertiary/aromatic N) is 3. The summed E-state index contributed by atoms with van der Waals surface area (Å²) in [5.41, 5.74) is 0.831. The van der Waals surface area contributed by atoms with Gasteiger partial charge in [-0.2, -0.15) is 5.26 Å². The summed E-state index contributed by atoms with van der Waals surface area (Å²) >= 11 is 0. The first kappa shape index (κ1) is 12.5. The van der Waals surface area contributed by atoms with Crippen molar-refractivity contribution in [3.05, 3.63) is 35.1 Å². The molecule has 1 heterocycles. The fraction of sp³-hybridized carbons (Fsp3) is 0.385. The summed E-state index contributed by atoms with van der Waals surface area (Å²) in [6, 6.07) is 6.33. The Labute approximate surface area is 105 Å². The van der Waals surface area contributed by atoms with Gasteiger partial charge in [-0.05, 0) is 12.1 Å². The van der Waals surface area contributed by atoms with Gasteiger partial charge in [0.25, 0.3) is 0 Å². The number of amides is 1. The lowest BCUT2D eigenvalue weighted by Crippen LogP contribution is -2.48. The molecule has 94 valence electrons. The lowest BCUT2D eigenvalue weighted by molar-refractivity contribution is -0.134. The maximum Gasteiger partial charge on any atom is 0.236 e. The van der Waals surface area contributed by atoms with Crippen LogP contribution in [0.25, 0.3) is 0 Å². The molecule has 0 N–H and O–H groups in total. The Morgan fingerprint density at radius 1 is 1.44 bits per heavy atom. The van der Waals surface area contributed by atoms with Crippen molar-refractivity contribution in [2.45, 2.75) is 6.54 Å². The first-order valence-corrected chi connectivity index (χ1v) is 5.75. The van der Waals surface area contributed by atoms with Crippen molar-refractivity contribution in [2.75, 3.05) is 26.7 Å². The molecule has 1 aliphatic heterocycles. The highest BCUT2D eigenvalue weighted by molar-refractivity contribution is 5.78. The molecule has 1 aromatic rings. The minimum atomic E-state index is -0.388. The van der Waals surface area contributed by atoms with Crippen LogP contribution in [0.4, 0.5) is 4.39 Å². The van der Waals surface area contributed by atoms with Gasteiger partial charge in [0.1, 0.15) is 5.82 Å². The zero-order valence-corrected chi connectivity index (χ0v) is 10.2. The molecule has 0 saturated carbocycles. The largest absolute Gasteiger partial charge is 0.343 e. The molecule has 18 heavy (non-hydrogen) atoms. The van der Waals surface area contributed by atoms with E-state index in [2.05, 4.69) is 0 Å².